The van der Waals surface area contributed by atoms with Gasteiger partial charge in [0.15, 0.2) is 10.5 Å². The molecule has 108 valence electrons. The Morgan fingerprint density at radius 3 is 3.15 bits per heavy atom. The van der Waals surface area contributed by atoms with Crippen LogP contribution in [0.4, 0.5) is 0 Å². The lowest BCUT2D eigenvalue weighted by atomic mass is 10.3. The van der Waals surface area contributed by atoms with Crippen molar-refractivity contribution >= 4 is 22.2 Å². The highest BCUT2D eigenvalue weighted by molar-refractivity contribution is 7.15. The van der Waals surface area contributed by atoms with Crippen LogP contribution >= 0.6 is 11.3 Å². The minimum absolute atomic E-state index is 0.336. The molecule has 2 aromatic rings. The Labute approximate surface area is 118 Å². The maximum atomic E-state index is 12.1. The first kappa shape index (κ1) is 14.5. The van der Waals surface area contributed by atoms with Gasteiger partial charge in [-0.15, -0.1) is 11.3 Å². The first-order valence-electron chi connectivity index (χ1n) is 6.20. The van der Waals surface area contributed by atoms with Gasteiger partial charge in [0.25, 0.3) is 11.5 Å². The maximum absolute atomic E-state index is 12.1. The highest BCUT2D eigenvalue weighted by Gasteiger charge is 2.19. The molecule has 7 nitrogen and oxygen atoms in total. The molecule has 0 aliphatic carbocycles. The van der Waals surface area contributed by atoms with Gasteiger partial charge in [-0.1, -0.05) is 0 Å². The summed E-state index contributed by atoms with van der Waals surface area (Å²) in [5.74, 6) is -1.17. The molecule has 20 heavy (non-hydrogen) atoms. The maximum Gasteiger partial charge on any atom is 0.275 e. The van der Waals surface area contributed by atoms with Gasteiger partial charge in [-0.2, -0.15) is 4.98 Å². The van der Waals surface area contributed by atoms with E-state index in [1.807, 2.05) is 6.92 Å². The smallest absolute Gasteiger partial charge is 0.275 e. The zero-order chi connectivity index (χ0) is 14.5. The van der Waals surface area contributed by atoms with E-state index in [-0.39, 0.29) is 5.56 Å². The highest BCUT2D eigenvalue weighted by Crippen LogP contribution is 2.14. The van der Waals surface area contributed by atoms with E-state index >= 15 is 0 Å². The lowest BCUT2D eigenvalue weighted by Gasteiger charge is -2.06. The van der Waals surface area contributed by atoms with Crippen molar-refractivity contribution in [1.82, 2.24) is 14.7 Å². The van der Waals surface area contributed by atoms with Gasteiger partial charge in [-0.05, 0) is 13.3 Å². The summed E-state index contributed by atoms with van der Waals surface area (Å²) in [6, 6.07) is 0. The largest absolute Gasteiger partial charge is 0.492 e. The summed E-state index contributed by atoms with van der Waals surface area (Å²) >= 11 is 1.21. The fourth-order valence-electron chi connectivity index (χ4n) is 1.68. The average molecular weight is 297 g/mol. The van der Waals surface area contributed by atoms with Crippen molar-refractivity contribution in [2.45, 2.75) is 13.3 Å². The second-order valence-corrected chi connectivity index (χ2v) is 4.85. The topological polar surface area (TPSA) is 92.9 Å². The van der Waals surface area contributed by atoms with E-state index in [4.69, 9.17) is 4.74 Å². The number of hydrogen-bond donors (Lipinski definition) is 2. The zero-order valence-electron chi connectivity index (χ0n) is 11.0. The van der Waals surface area contributed by atoms with Crippen LogP contribution in [0.2, 0.25) is 0 Å². The summed E-state index contributed by atoms with van der Waals surface area (Å²) in [6.07, 6.45) is 2.15. The van der Waals surface area contributed by atoms with Crippen molar-refractivity contribution in [1.29, 1.82) is 0 Å². The third-order valence-corrected chi connectivity index (χ3v) is 3.39. The van der Waals surface area contributed by atoms with Crippen LogP contribution in [-0.2, 0) is 4.74 Å². The summed E-state index contributed by atoms with van der Waals surface area (Å²) in [7, 11) is 0. The van der Waals surface area contributed by atoms with E-state index in [2.05, 4.69) is 10.3 Å². The Kier molecular flexibility index (Phi) is 4.70. The van der Waals surface area contributed by atoms with Crippen LogP contribution in [0.25, 0.3) is 4.96 Å². The summed E-state index contributed by atoms with van der Waals surface area (Å²) in [4.78, 5) is 28.2. The molecule has 2 heterocycles. The van der Waals surface area contributed by atoms with Crippen LogP contribution in [0.1, 0.15) is 23.7 Å². The van der Waals surface area contributed by atoms with Crippen molar-refractivity contribution < 1.29 is 14.6 Å². The molecule has 0 spiro atoms. The number of thiazole rings is 1. The molecule has 8 heteroatoms. The molecular weight excluding hydrogens is 282 g/mol. The van der Waals surface area contributed by atoms with Gasteiger partial charge in [-0.25, -0.2) is 0 Å². The summed E-state index contributed by atoms with van der Waals surface area (Å²) in [5, 5.41) is 13.9. The molecule has 0 aliphatic rings. The van der Waals surface area contributed by atoms with Gasteiger partial charge in [0, 0.05) is 31.3 Å². The zero-order valence-corrected chi connectivity index (χ0v) is 11.8. The number of nitrogens with zero attached hydrogens (tertiary/aromatic N) is 2. The SMILES string of the molecule is CCOCCCNC(=O)c1c(O)nc2sccn2c1=O. The number of amides is 1. The van der Waals surface area contributed by atoms with E-state index < -0.39 is 17.3 Å². The Morgan fingerprint density at radius 1 is 1.60 bits per heavy atom. The lowest BCUT2D eigenvalue weighted by molar-refractivity contribution is 0.0939. The number of fused-ring (bicyclic) bond motifs is 1. The Morgan fingerprint density at radius 2 is 2.40 bits per heavy atom. The van der Waals surface area contributed by atoms with Gasteiger partial charge in [0.2, 0.25) is 5.88 Å². The number of ether oxygens (including phenoxy) is 1. The first-order chi connectivity index (χ1) is 9.65. The summed E-state index contributed by atoms with van der Waals surface area (Å²) in [6.45, 7) is 3.40. The Balaban J connectivity index is 2.11. The molecule has 2 aromatic heterocycles. The lowest BCUT2D eigenvalue weighted by Crippen LogP contribution is -2.32. The van der Waals surface area contributed by atoms with E-state index in [9.17, 15) is 14.7 Å². The average Bonchev–Trinajstić information content (AvgIpc) is 2.87. The van der Waals surface area contributed by atoms with Crippen LogP contribution < -0.4 is 10.9 Å². The van der Waals surface area contributed by atoms with E-state index in [0.717, 1.165) is 0 Å². The van der Waals surface area contributed by atoms with Crippen LogP contribution in [0, 0.1) is 0 Å². The molecule has 2 N–H and O–H groups in total. The molecule has 0 fully saturated rings. The number of hydrogen-bond acceptors (Lipinski definition) is 6. The first-order valence-corrected chi connectivity index (χ1v) is 7.08. The van der Waals surface area contributed by atoms with Gasteiger partial charge in [-0.3, -0.25) is 14.0 Å². The van der Waals surface area contributed by atoms with Crippen molar-refractivity contribution in [3.05, 3.63) is 27.5 Å². The van der Waals surface area contributed by atoms with Crippen LogP contribution in [0.15, 0.2) is 16.4 Å². The third-order valence-electron chi connectivity index (χ3n) is 2.63. The molecule has 0 radical (unpaired) electrons. The number of carbonyl (C=O) groups excluding carboxylic acids is 1. The van der Waals surface area contributed by atoms with E-state index in [1.165, 1.54) is 21.9 Å². The minimum Gasteiger partial charge on any atom is -0.492 e. The predicted octanol–water partition coefficient (Wildman–Crippen LogP) is 0.618. The minimum atomic E-state index is -0.628. The van der Waals surface area contributed by atoms with Gasteiger partial charge >= 0.3 is 0 Å². The van der Waals surface area contributed by atoms with Crippen LogP contribution in [-0.4, -0.2) is 40.2 Å². The number of rotatable bonds is 6. The second kappa shape index (κ2) is 6.49. The van der Waals surface area contributed by atoms with E-state index in [1.54, 1.807) is 5.38 Å². The van der Waals surface area contributed by atoms with Crippen molar-refractivity contribution in [3.8, 4) is 5.88 Å². The number of aromatic nitrogens is 2. The third kappa shape index (κ3) is 2.97. The highest BCUT2D eigenvalue weighted by atomic mass is 32.1. The fraction of sp³-hybridized carbons (Fsp3) is 0.417. The standard InChI is InChI=1S/C12H15N3O4S/c1-2-19-6-3-4-13-9(16)8-10(17)14-12-15(11(8)18)5-7-20-12/h5,7,17H,2-4,6H2,1H3,(H,13,16). The number of nitrogens with one attached hydrogen (secondary N) is 1. The molecule has 2 rings (SSSR count). The molecule has 1 amide bonds. The fourth-order valence-corrected chi connectivity index (χ4v) is 2.38. The second-order valence-electron chi connectivity index (χ2n) is 3.98. The number of carbonyl (C=O) groups is 1. The predicted molar refractivity (Wildman–Crippen MR) is 74.4 cm³/mol. The molecular formula is C12H15N3O4S. The normalized spacial score (nSPS) is 10.8. The van der Waals surface area contributed by atoms with Crippen molar-refractivity contribution in [2.24, 2.45) is 0 Å². The van der Waals surface area contributed by atoms with Crippen LogP contribution in [0.3, 0.4) is 0 Å². The van der Waals surface area contributed by atoms with Crippen LogP contribution in [0.5, 0.6) is 5.88 Å². The summed E-state index contributed by atoms with van der Waals surface area (Å²) in [5.41, 5.74) is -0.909. The molecule has 0 unspecified atom stereocenters. The summed E-state index contributed by atoms with van der Waals surface area (Å²) < 4.78 is 6.37. The number of aromatic hydroxyl groups is 1. The van der Waals surface area contributed by atoms with Crippen molar-refractivity contribution in [3.63, 3.8) is 0 Å². The molecule has 0 atom stereocenters. The van der Waals surface area contributed by atoms with Crippen molar-refractivity contribution in [2.75, 3.05) is 19.8 Å². The molecule has 0 saturated heterocycles. The van der Waals surface area contributed by atoms with E-state index in [0.29, 0.717) is 31.1 Å². The molecule has 0 aromatic carbocycles. The Hall–Kier alpha value is -1.93. The van der Waals surface area contributed by atoms with Gasteiger partial charge in [0.1, 0.15) is 0 Å². The molecule has 0 aliphatic heterocycles. The molecule has 0 saturated carbocycles. The molecule has 0 bridgehead atoms. The van der Waals surface area contributed by atoms with Gasteiger partial charge in [0.05, 0.1) is 0 Å². The van der Waals surface area contributed by atoms with Gasteiger partial charge < -0.3 is 15.2 Å². The monoisotopic (exact) mass is 297 g/mol. The Bertz CT molecular complexity index is 664. The quantitative estimate of drug-likeness (QED) is 0.762.